The summed E-state index contributed by atoms with van der Waals surface area (Å²) in [6, 6.07) is 2.76. The highest BCUT2D eigenvalue weighted by molar-refractivity contribution is 7.87. The second kappa shape index (κ2) is 7.23. The molecule has 158 valence electrons. The van der Waals surface area contributed by atoms with Gasteiger partial charge < -0.3 is 4.74 Å². The third kappa shape index (κ3) is 3.65. The third-order valence-electron chi connectivity index (χ3n) is 7.14. The number of ether oxygens (including phenoxy) is 1. The summed E-state index contributed by atoms with van der Waals surface area (Å²) < 4.78 is 48.3. The van der Waals surface area contributed by atoms with Crippen molar-refractivity contribution in [2.75, 3.05) is 19.7 Å². The summed E-state index contributed by atoms with van der Waals surface area (Å²) in [4.78, 5) is 12.5. The van der Waals surface area contributed by atoms with Crippen LogP contribution in [0.25, 0.3) is 0 Å². The number of benzene rings is 1. The van der Waals surface area contributed by atoms with Crippen molar-refractivity contribution in [1.29, 1.82) is 0 Å². The molecule has 1 N–H and O–H groups in total. The predicted molar refractivity (Wildman–Crippen MR) is 105 cm³/mol. The first-order valence-electron chi connectivity index (χ1n) is 10.7. The molecule has 6 nitrogen and oxygen atoms in total. The Morgan fingerprint density at radius 2 is 1.86 bits per heavy atom. The maximum absolute atomic E-state index is 14.7. The van der Waals surface area contributed by atoms with E-state index in [1.54, 1.807) is 0 Å². The monoisotopic (exact) mass is 422 g/mol. The smallest absolute Gasteiger partial charge is 0.304 e. The Labute approximate surface area is 171 Å². The zero-order chi connectivity index (χ0) is 20.2. The Balaban J connectivity index is 1.33. The lowest BCUT2D eigenvalue weighted by Crippen LogP contribution is -2.49. The molecule has 0 aromatic heterocycles. The second-order valence-corrected chi connectivity index (χ2v) is 10.7. The van der Waals surface area contributed by atoms with Crippen LogP contribution in [0, 0.1) is 23.6 Å². The Hall–Kier alpha value is -1.67. The zero-order valence-electron chi connectivity index (χ0n) is 16.4. The van der Waals surface area contributed by atoms with Crippen LogP contribution in [-0.4, -0.2) is 38.3 Å². The highest BCUT2D eigenvalue weighted by Gasteiger charge is 2.44. The van der Waals surface area contributed by atoms with Gasteiger partial charge in [0.25, 0.3) is 5.91 Å². The van der Waals surface area contributed by atoms with E-state index in [0.717, 1.165) is 36.7 Å². The summed E-state index contributed by atoms with van der Waals surface area (Å²) in [5.41, 5.74) is 0.589. The fourth-order valence-corrected chi connectivity index (χ4v) is 6.25. The van der Waals surface area contributed by atoms with E-state index in [0.29, 0.717) is 31.4 Å². The lowest BCUT2D eigenvalue weighted by molar-refractivity contribution is -0.0170. The highest BCUT2D eigenvalue weighted by atomic mass is 32.2. The molecule has 4 aliphatic rings. The van der Waals surface area contributed by atoms with Gasteiger partial charge >= 0.3 is 10.2 Å². The van der Waals surface area contributed by atoms with E-state index in [-0.39, 0.29) is 11.5 Å². The van der Waals surface area contributed by atoms with Gasteiger partial charge in [0.2, 0.25) is 0 Å². The van der Waals surface area contributed by atoms with Crippen molar-refractivity contribution in [3.63, 3.8) is 0 Å². The molecule has 1 aliphatic heterocycles. The van der Waals surface area contributed by atoms with Crippen LogP contribution in [-0.2, 0) is 10.2 Å². The summed E-state index contributed by atoms with van der Waals surface area (Å²) in [5.74, 6) is 1.14. The molecule has 0 radical (unpaired) electrons. The summed E-state index contributed by atoms with van der Waals surface area (Å²) in [5, 5.41) is 0. The molecular formula is C21H27FN2O4S. The minimum Gasteiger partial charge on any atom is -0.493 e. The van der Waals surface area contributed by atoms with E-state index in [2.05, 4.69) is 0 Å². The van der Waals surface area contributed by atoms with E-state index in [1.807, 2.05) is 4.72 Å². The average molecular weight is 423 g/mol. The molecule has 2 atom stereocenters. The first-order valence-corrected chi connectivity index (χ1v) is 12.1. The molecule has 8 heteroatoms. The lowest BCUT2D eigenvalue weighted by Gasteiger charge is -2.49. The number of nitrogens with one attached hydrogen (secondary N) is 1. The van der Waals surface area contributed by atoms with Crippen LogP contribution < -0.4 is 9.46 Å². The van der Waals surface area contributed by atoms with Crippen molar-refractivity contribution in [3.8, 4) is 5.75 Å². The fraction of sp³-hybridized carbons (Fsp3) is 0.667. The number of hydrogen-bond donors (Lipinski definition) is 1. The van der Waals surface area contributed by atoms with Crippen LogP contribution >= 0.6 is 0 Å². The van der Waals surface area contributed by atoms with Gasteiger partial charge in [0.15, 0.2) is 0 Å². The fourth-order valence-electron chi connectivity index (χ4n) is 5.04. The number of carbonyl (C=O) groups excluding carboxylic acids is 1. The molecule has 5 rings (SSSR count). The van der Waals surface area contributed by atoms with Crippen molar-refractivity contribution in [2.24, 2.45) is 17.8 Å². The van der Waals surface area contributed by atoms with E-state index in [1.165, 1.54) is 42.1 Å². The SMILES string of the molecule is O=C(NS(=O)(=O)N1CCC1)c1cc(C2CC2)c(OCC2C3CCCC2C3)cc1F. The molecular weight excluding hydrogens is 395 g/mol. The number of carbonyl (C=O) groups is 1. The molecule has 1 aromatic rings. The summed E-state index contributed by atoms with van der Waals surface area (Å²) >= 11 is 0. The Kier molecular flexibility index (Phi) is 4.81. The standard InChI is InChI=1S/C21H27FN2O4S/c22-19-11-20(28-12-18-14-3-1-4-15(18)9-14)16(13-5-6-13)10-17(19)21(25)23-29(26,27)24-7-2-8-24/h10-11,13-15,18H,1-9,12H2,(H,23,25). The van der Waals surface area contributed by atoms with Crippen molar-refractivity contribution in [3.05, 3.63) is 29.1 Å². The lowest BCUT2D eigenvalue weighted by atomic mass is 9.57. The van der Waals surface area contributed by atoms with Crippen molar-refractivity contribution in [2.45, 2.75) is 50.9 Å². The molecule has 3 aliphatic carbocycles. The van der Waals surface area contributed by atoms with Crippen LogP contribution in [0.2, 0.25) is 0 Å². The number of fused-ring (bicyclic) bond motifs is 2. The molecule has 1 saturated heterocycles. The highest BCUT2D eigenvalue weighted by Crippen LogP contribution is 2.51. The summed E-state index contributed by atoms with van der Waals surface area (Å²) in [7, 11) is -3.91. The molecule has 2 unspecified atom stereocenters. The maximum Gasteiger partial charge on any atom is 0.304 e. The molecule has 4 fully saturated rings. The number of amides is 1. The molecule has 2 bridgehead atoms. The third-order valence-corrected chi connectivity index (χ3v) is 8.62. The quantitative estimate of drug-likeness (QED) is 0.732. The number of halogens is 1. The van der Waals surface area contributed by atoms with Gasteiger partial charge in [-0.3, -0.25) is 4.79 Å². The summed E-state index contributed by atoms with van der Waals surface area (Å²) in [6.07, 6.45) is 7.84. The molecule has 1 amide bonds. The Morgan fingerprint density at radius 1 is 1.14 bits per heavy atom. The van der Waals surface area contributed by atoms with Gasteiger partial charge in [-0.2, -0.15) is 12.7 Å². The van der Waals surface area contributed by atoms with Crippen molar-refractivity contribution in [1.82, 2.24) is 9.03 Å². The normalized spacial score (nSPS) is 28.9. The van der Waals surface area contributed by atoms with Crippen molar-refractivity contribution >= 4 is 16.1 Å². The first kappa shape index (κ1) is 19.3. The number of rotatable bonds is 7. The van der Waals surface area contributed by atoms with Crippen LogP contribution in [0.3, 0.4) is 0 Å². The Bertz CT molecular complexity index is 913. The van der Waals surface area contributed by atoms with Crippen LogP contribution in [0.1, 0.15) is 66.8 Å². The van der Waals surface area contributed by atoms with Crippen LogP contribution in [0.4, 0.5) is 4.39 Å². The minimum atomic E-state index is -3.91. The molecule has 0 spiro atoms. The molecule has 1 heterocycles. The number of nitrogens with zero attached hydrogens (tertiary/aromatic N) is 1. The van der Waals surface area contributed by atoms with Gasteiger partial charge in [0.1, 0.15) is 11.6 Å². The van der Waals surface area contributed by atoms with Gasteiger partial charge in [0, 0.05) is 19.2 Å². The van der Waals surface area contributed by atoms with E-state index in [4.69, 9.17) is 4.74 Å². The topological polar surface area (TPSA) is 75.7 Å². The van der Waals surface area contributed by atoms with Crippen LogP contribution in [0.15, 0.2) is 12.1 Å². The van der Waals surface area contributed by atoms with Crippen LogP contribution in [0.5, 0.6) is 5.75 Å². The van der Waals surface area contributed by atoms with Gasteiger partial charge in [0.05, 0.1) is 12.2 Å². The number of hydrogen-bond acceptors (Lipinski definition) is 4. The Morgan fingerprint density at radius 3 is 2.45 bits per heavy atom. The van der Waals surface area contributed by atoms with Gasteiger partial charge in [-0.15, -0.1) is 0 Å². The maximum atomic E-state index is 14.7. The van der Waals surface area contributed by atoms with E-state index in [9.17, 15) is 17.6 Å². The van der Waals surface area contributed by atoms with Gasteiger partial charge in [-0.25, -0.2) is 9.11 Å². The second-order valence-electron chi connectivity index (χ2n) is 8.99. The van der Waals surface area contributed by atoms with Gasteiger partial charge in [-0.05, 0) is 61.0 Å². The van der Waals surface area contributed by atoms with Gasteiger partial charge in [-0.1, -0.05) is 19.3 Å². The van der Waals surface area contributed by atoms with E-state index >= 15 is 0 Å². The predicted octanol–water partition coefficient (Wildman–Crippen LogP) is 3.20. The minimum absolute atomic E-state index is 0.233. The average Bonchev–Trinajstić information content (AvgIpc) is 3.45. The zero-order valence-corrected chi connectivity index (χ0v) is 17.2. The van der Waals surface area contributed by atoms with Crippen molar-refractivity contribution < 1.29 is 22.3 Å². The molecule has 1 aromatic carbocycles. The molecule has 29 heavy (non-hydrogen) atoms. The van der Waals surface area contributed by atoms with E-state index < -0.39 is 21.9 Å². The largest absolute Gasteiger partial charge is 0.493 e. The summed E-state index contributed by atoms with van der Waals surface area (Å²) in [6.45, 7) is 1.37. The first-order chi connectivity index (χ1) is 13.9. The molecule has 3 saturated carbocycles.